The Morgan fingerprint density at radius 1 is 0.917 bits per heavy atom. The van der Waals surface area contributed by atoms with Gasteiger partial charge in [0.1, 0.15) is 0 Å². The minimum Gasteiger partial charge on any atom is -0.746 e. The van der Waals surface area contributed by atoms with E-state index in [9.17, 15) is 0 Å². The average Bonchev–Trinajstić information content (AvgIpc) is 2.85. The van der Waals surface area contributed by atoms with E-state index in [4.69, 9.17) is 5.73 Å². The molecule has 0 aliphatic rings. The number of hydrogen-bond acceptors (Lipinski definition) is 1. The summed E-state index contributed by atoms with van der Waals surface area (Å²) >= 11 is 0. The van der Waals surface area contributed by atoms with Gasteiger partial charge in [-0.3, -0.25) is 0 Å². The fraction of sp³-hybridized carbons (Fsp3) is 0.516. The van der Waals surface area contributed by atoms with Crippen LogP contribution in [0.4, 0.5) is 0 Å². The van der Waals surface area contributed by atoms with Crippen LogP contribution in [0.3, 0.4) is 0 Å². The summed E-state index contributed by atoms with van der Waals surface area (Å²) < 4.78 is 0. The van der Waals surface area contributed by atoms with Gasteiger partial charge in [-0.15, -0.1) is 6.58 Å². The van der Waals surface area contributed by atoms with Gasteiger partial charge in [0.25, 0.3) is 0 Å². The summed E-state index contributed by atoms with van der Waals surface area (Å²) in [6.07, 6.45) is 11.6. The Labute approximate surface area is 247 Å². The van der Waals surface area contributed by atoms with E-state index < -0.39 is 0 Å². The van der Waals surface area contributed by atoms with Crippen LogP contribution < -0.4 is 5.73 Å². The monoisotopic (exact) mass is 574 g/mol. The van der Waals surface area contributed by atoms with Crippen molar-refractivity contribution in [3.8, 4) is 0 Å². The van der Waals surface area contributed by atoms with Crippen LogP contribution in [0.25, 0.3) is 22.7 Å². The van der Waals surface area contributed by atoms with E-state index in [0.717, 1.165) is 5.57 Å². The van der Waals surface area contributed by atoms with Gasteiger partial charge in [-0.05, 0) is 41.8 Å². The summed E-state index contributed by atoms with van der Waals surface area (Å²) in [6.45, 7) is 22.4. The Morgan fingerprint density at radius 3 is 1.69 bits per heavy atom. The topological polar surface area (TPSA) is 83.3 Å². The molecule has 0 bridgehead atoms. The van der Waals surface area contributed by atoms with E-state index in [1.807, 2.05) is 6.08 Å². The molecule has 0 aliphatic carbocycles. The maximum Gasteiger partial charge on any atom is 2.00 e. The zero-order valence-electron chi connectivity index (χ0n) is 24.7. The molecule has 0 saturated carbocycles. The third kappa shape index (κ3) is 22.2. The average molecular weight is 575 g/mol. The van der Waals surface area contributed by atoms with Gasteiger partial charge in [0.15, 0.2) is 0 Å². The van der Waals surface area contributed by atoms with Crippen LogP contribution in [0, 0.1) is 13.5 Å². The molecule has 2 aromatic carbocycles. The fourth-order valence-electron chi connectivity index (χ4n) is 2.84. The molecule has 208 valence electrons. The van der Waals surface area contributed by atoms with Crippen LogP contribution >= 0.6 is 0 Å². The van der Waals surface area contributed by atoms with E-state index >= 15 is 0 Å². The van der Waals surface area contributed by atoms with E-state index in [1.54, 1.807) is 6.08 Å². The molecule has 2 rings (SSSR count). The van der Waals surface area contributed by atoms with Gasteiger partial charge in [-0.25, -0.2) is 11.6 Å². The van der Waals surface area contributed by atoms with Crippen molar-refractivity contribution in [2.75, 3.05) is 7.05 Å². The summed E-state index contributed by atoms with van der Waals surface area (Å²) in [5.74, 6) is 0.195. The van der Waals surface area contributed by atoms with E-state index in [-0.39, 0.29) is 46.8 Å². The minimum absolute atomic E-state index is 0. The summed E-state index contributed by atoms with van der Waals surface area (Å²) in [6, 6.07) is 12.8. The summed E-state index contributed by atoms with van der Waals surface area (Å²) in [7, 11) is 1.50. The number of hydrogen-bond donors (Lipinski definition) is 1. The molecule has 2 aromatic rings. The van der Waals surface area contributed by atoms with Crippen molar-refractivity contribution in [3.63, 3.8) is 0 Å². The first-order chi connectivity index (χ1) is 15.9. The van der Waals surface area contributed by atoms with Crippen LogP contribution in [-0.2, 0) is 34.7 Å². The van der Waals surface area contributed by atoms with Crippen LogP contribution in [0.2, 0.25) is 0 Å². The first-order valence-corrected chi connectivity index (χ1v) is 12.8. The summed E-state index contributed by atoms with van der Waals surface area (Å²) in [5, 5.41) is 2.56. The molecule has 0 aliphatic heterocycles. The standard InChI is InChI=1S/C18H19N.C5H12.C4H10.C3H8.CH5N.2Cr.H2N/c1-4-7-15(12-19)14(3)17-11-10-13(2)16-8-5-6-9-18(16)17;1-3-5-4-2;1-3-4-2;1-3-2;1-2;;;/h4-12,14,19H,1H2,2-3H3;3-5H2,1-2H3;3-4H2,1-2H3;3H2,1-2H3;2H2,1H3;;;1H2/q-2;;;;;;+2;-1/b15-7-;;;;;;;. The van der Waals surface area contributed by atoms with Crippen LogP contribution in [-0.4, -0.2) is 7.05 Å². The van der Waals surface area contributed by atoms with Gasteiger partial charge in [-0.1, -0.05) is 123 Å². The second kappa shape index (κ2) is 36.2. The number of nitrogens with one attached hydrogen (secondary N) is 1. The van der Waals surface area contributed by atoms with Gasteiger partial charge in [-0.2, -0.15) is 6.08 Å². The molecule has 5 heteroatoms. The number of nitrogens with two attached hydrogens (primary N) is 2. The van der Waals surface area contributed by atoms with Gasteiger partial charge >= 0.3 is 17.4 Å². The van der Waals surface area contributed by atoms with E-state index in [2.05, 4.69) is 104 Å². The number of fused-ring (bicyclic) bond motifs is 1. The molecule has 36 heavy (non-hydrogen) atoms. The van der Waals surface area contributed by atoms with Gasteiger partial charge < -0.3 is 24.2 Å². The van der Waals surface area contributed by atoms with Crippen LogP contribution in [0.15, 0.2) is 60.7 Å². The Kier molecular flexibility index (Phi) is 48.3. The normalized spacial score (nSPS) is 9.69. The van der Waals surface area contributed by atoms with Gasteiger partial charge in [0.05, 0.1) is 0 Å². The molecule has 0 amide bonds. The van der Waals surface area contributed by atoms with Crippen LogP contribution in [0.5, 0.6) is 0 Å². The van der Waals surface area contributed by atoms with Crippen molar-refractivity contribution >= 4 is 10.8 Å². The molecule has 0 saturated heterocycles. The smallest absolute Gasteiger partial charge is 0.746 e. The van der Waals surface area contributed by atoms with Crippen molar-refractivity contribution in [2.45, 2.75) is 99.8 Å². The second-order valence-electron chi connectivity index (χ2n) is 7.85. The summed E-state index contributed by atoms with van der Waals surface area (Å²) in [5.41, 5.74) is 15.6. The Bertz CT molecular complexity index is 727. The number of rotatable bonds is 7. The maximum absolute atomic E-state index is 7.55. The van der Waals surface area contributed by atoms with E-state index in [0.29, 0.717) is 0 Å². The molecule has 1 unspecified atom stereocenters. The van der Waals surface area contributed by atoms with Crippen molar-refractivity contribution in [1.29, 1.82) is 0 Å². The molecule has 0 radical (unpaired) electrons. The molecule has 5 N–H and O–H groups in total. The minimum atomic E-state index is 0. The van der Waals surface area contributed by atoms with Gasteiger partial charge in [0.2, 0.25) is 0 Å². The third-order valence-electron chi connectivity index (χ3n) is 4.83. The number of aryl methyl sites for hydroxylation is 1. The van der Waals surface area contributed by atoms with Crippen molar-refractivity contribution in [1.82, 2.24) is 0 Å². The maximum atomic E-state index is 7.55. The van der Waals surface area contributed by atoms with Crippen molar-refractivity contribution in [2.24, 2.45) is 5.73 Å². The molecular formula is C31H56Cr2N3-. The quantitative estimate of drug-likeness (QED) is 0.259. The zero-order chi connectivity index (χ0) is 26.1. The molecule has 1 atom stereocenters. The Balaban J connectivity index is -0.000000112. The van der Waals surface area contributed by atoms with Crippen LogP contribution in [0.1, 0.15) is 104 Å². The number of benzene rings is 2. The Hall–Kier alpha value is -1.01. The third-order valence-corrected chi connectivity index (χ3v) is 4.83. The number of unbranched alkanes of at least 4 members (excludes halogenated alkanes) is 3. The molecule has 0 heterocycles. The second-order valence-corrected chi connectivity index (χ2v) is 7.85. The summed E-state index contributed by atoms with van der Waals surface area (Å²) in [4.78, 5) is 0. The molecule has 0 fully saturated rings. The number of allylic oxidation sites excluding steroid dienone is 2. The fourth-order valence-corrected chi connectivity index (χ4v) is 2.84. The molecular weight excluding hydrogens is 518 g/mol. The predicted octanol–water partition coefficient (Wildman–Crippen LogP) is 11.3. The Morgan fingerprint density at radius 2 is 1.36 bits per heavy atom. The van der Waals surface area contributed by atoms with E-state index in [1.165, 1.54) is 74.0 Å². The van der Waals surface area contributed by atoms with Crippen molar-refractivity contribution in [3.05, 3.63) is 90.3 Å². The SMILES string of the molecule is C=C/C=C(/[CH-][NH-])C(C)c1ccc(C)c2ccccc12.CCC.CCCC.CCCCC.CN.[Cr+2].[Cr].[NH2-]. The first-order valence-electron chi connectivity index (χ1n) is 12.8. The molecule has 0 spiro atoms. The largest absolute Gasteiger partial charge is 2.00 e. The first kappa shape index (κ1) is 48.1. The predicted molar refractivity (Wildman–Crippen MR) is 161 cm³/mol. The van der Waals surface area contributed by atoms with Crippen molar-refractivity contribution < 1.29 is 34.7 Å². The molecule has 3 nitrogen and oxygen atoms in total. The zero-order valence-corrected chi connectivity index (χ0v) is 27.2. The molecule has 0 aromatic heterocycles. The van der Waals surface area contributed by atoms with Gasteiger partial charge in [0, 0.05) is 17.4 Å².